The first-order valence-corrected chi connectivity index (χ1v) is 6.40. The van der Waals surface area contributed by atoms with Gasteiger partial charge in [-0.25, -0.2) is 0 Å². The molecule has 0 heterocycles. The first-order chi connectivity index (χ1) is 8.06. The molecule has 1 aliphatic rings. The average molecular weight is 239 g/mol. The van der Waals surface area contributed by atoms with Crippen LogP contribution in [0.4, 0.5) is 0 Å². The van der Waals surface area contributed by atoms with Crippen molar-refractivity contribution in [3.63, 3.8) is 0 Å². The maximum Gasteiger partial charge on any atom is 0.108 e. The van der Waals surface area contributed by atoms with Crippen LogP contribution in [0.25, 0.3) is 0 Å². The molecule has 0 spiro atoms. The number of hydrogen-bond donors (Lipinski definition) is 1. The SMILES string of the molecule is CNC1(C#N)CCCC(N(C)CC(C)OC)C1. The highest BCUT2D eigenvalue weighted by Gasteiger charge is 2.36. The second kappa shape index (κ2) is 6.34. The third kappa shape index (κ3) is 3.67. The fraction of sp³-hybridized carbons (Fsp3) is 0.923. The van der Waals surface area contributed by atoms with Crippen molar-refractivity contribution in [1.82, 2.24) is 10.2 Å². The van der Waals surface area contributed by atoms with E-state index >= 15 is 0 Å². The van der Waals surface area contributed by atoms with Gasteiger partial charge in [-0.3, -0.25) is 0 Å². The Morgan fingerprint density at radius 3 is 2.88 bits per heavy atom. The van der Waals surface area contributed by atoms with E-state index in [0.717, 1.165) is 25.8 Å². The maximum atomic E-state index is 9.31. The highest BCUT2D eigenvalue weighted by Crippen LogP contribution is 2.30. The van der Waals surface area contributed by atoms with Crippen LogP contribution in [0.2, 0.25) is 0 Å². The van der Waals surface area contributed by atoms with E-state index in [0.29, 0.717) is 6.04 Å². The van der Waals surface area contributed by atoms with Gasteiger partial charge in [0.2, 0.25) is 0 Å². The van der Waals surface area contributed by atoms with Gasteiger partial charge < -0.3 is 15.0 Å². The minimum atomic E-state index is -0.326. The zero-order chi connectivity index (χ0) is 12.9. The van der Waals surface area contributed by atoms with Gasteiger partial charge in [-0.05, 0) is 46.7 Å². The molecule has 1 N–H and O–H groups in total. The highest BCUT2D eigenvalue weighted by atomic mass is 16.5. The monoisotopic (exact) mass is 239 g/mol. The van der Waals surface area contributed by atoms with E-state index in [-0.39, 0.29) is 11.6 Å². The third-order valence-electron chi connectivity index (χ3n) is 3.99. The maximum absolute atomic E-state index is 9.31. The van der Waals surface area contributed by atoms with Crippen molar-refractivity contribution in [2.45, 2.75) is 50.3 Å². The van der Waals surface area contributed by atoms with Crippen LogP contribution in [-0.4, -0.2) is 50.3 Å². The Kier molecular flexibility index (Phi) is 5.38. The molecule has 4 nitrogen and oxygen atoms in total. The molecule has 1 saturated carbocycles. The van der Waals surface area contributed by atoms with Crippen molar-refractivity contribution < 1.29 is 4.74 Å². The van der Waals surface area contributed by atoms with Crippen LogP contribution in [0.15, 0.2) is 0 Å². The minimum Gasteiger partial charge on any atom is -0.380 e. The van der Waals surface area contributed by atoms with Crippen molar-refractivity contribution in [2.24, 2.45) is 0 Å². The van der Waals surface area contributed by atoms with Gasteiger partial charge in [-0.15, -0.1) is 0 Å². The first-order valence-electron chi connectivity index (χ1n) is 6.40. The number of nitrogens with one attached hydrogen (secondary N) is 1. The van der Waals surface area contributed by atoms with Gasteiger partial charge in [-0.1, -0.05) is 0 Å². The molecule has 0 radical (unpaired) electrons. The molecule has 3 unspecified atom stereocenters. The second-order valence-corrected chi connectivity index (χ2v) is 5.18. The van der Waals surface area contributed by atoms with E-state index in [2.05, 4.69) is 30.3 Å². The molecule has 0 bridgehead atoms. The second-order valence-electron chi connectivity index (χ2n) is 5.18. The number of likely N-dealkylation sites (N-methyl/N-ethyl adjacent to an activating group) is 1. The number of rotatable bonds is 5. The molecule has 0 aliphatic heterocycles. The summed E-state index contributed by atoms with van der Waals surface area (Å²) < 4.78 is 5.29. The molecule has 0 aromatic carbocycles. The van der Waals surface area contributed by atoms with E-state index < -0.39 is 0 Å². The lowest BCUT2D eigenvalue weighted by Crippen LogP contribution is -2.51. The summed E-state index contributed by atoms with van der Waals surface area (Å²) in [5, 5.41) is 12.5. The molecule has 4 heteroatoms. The Bertz CT molecular complexity index is 276. The molecule has 0 amide bonds. The molecule has 1 aliphatic carbocycles. The summed E-state index contributed by atoms with van der Waals surface area (Å²) >= 11 is 0. The molecule has 1 fully saturated rings. The zero-order valence-electron chi connectivity index (χ0n) is 11.5. The predicted molar refractivity (Wildman–Crippen MR) is 68.8 cm³/mol. The van der Waals surface area contributed by atoms with Gasteiger partial charge >= 0.3 is 0 Å². The fourth-order valence-corrected chi connectivity index (χ4v) is 2.64. The van der Waals surface area contributed by atoms with Crippen LogP contribution in [0.3, 0.4) is 0 Å². The molecular weight excluding hydrogens is 214 g/mol. The van der Waals surface area contributed by atoms with Crippen LogP contribution in [-0.2, 0) is 4.74 Å². The van der Waals surface area contributed by atoms with Gasteiger partial charge in [0.1, 0.15) is 5.54 Å². The van der Waals surface area contributed by atoms with Gasteiger partial charge in [0.15, 0.2) is 0 Å². The Labute approximate surface area is 105 Å². The summed E-state index contributed by atoms with van der Waals surface area (Å²) in [5.74, 6) is 0. The summed E-state index contributed by atoms with van der Waals surface area (Å²) in [6.45, 7) is 3.00. The summed E-state index contributed by atoms with van der Waals surface area (Å²) in [4.78, 5) is 2.33. The lowest BCUT2D eigenvalue weighted by atomic mass is 9.79. The van der Waals surface area contributed by atoms with E-state index in [1.807, 2.05) is 7.05 Å². The minimum absolute atomic E-state index is 0.244. The molecule has 98 valence electrons. The molecule has 3 atom stereocenters. The molecule has 0 saturated heterocycles. The Morgan fingerprint density at radius 1 is 1.65 bits per heavy atom. The first kappa shape index (κ1) is 14.4. The Hall–Kier alpha value is -0.630. The lowest BCUT2D eigenvalue weighted by molar-refractivity contribution is 0.0561. The molecule has 17 heavy (non-hydrogen) atoms. The standard InChI is InChI=1S/C13H25N3O/c1-11(17-4)9-16(3)12-6-5-7-13(8-12,10-14)15-2/h11-12,15H,5-9H2,1-4H3. The average Bonchev–Trinajstić information content (AvgIpc) is 2.38. The van der Waals surface area contributed by atoms with Crippen LogP contribution < -0.4 is 5.32 Å². The number of nitriles is 1. The van der Waals surface area contributed by atoms with E-state index in [9.17, 15) is 5.26 Å². The van der Waals surface area contributed by atoms with Crippen molar-refractivity contribution in [3.05, 3.63) is 0 Å². The zero-order valence-corrected chi connectivity index (χ0v) is 11.5. The highest BCUT2D eigenvalue weighted by molar-refractivity contribution is 5.10. The lowest BCUT2D eigenvalue weighted by Gasteiger charge is -2.40. The smallest absolute Gasteiger partial charge is 0.108 e. The molecule has 1 rings (SSSR count). The largest absolute Gasteiger partial charge is 0.380 e. The quantitative estimate of drug-likeness (QED) is 0.787. The van der Waals surface area contributed by atoms with E-state index in [1.54, 1.807) is 7.11 Å². The summed E-state index contributed by atoms with van der Waals surface area (Å²) in [5.41, 5.74) is -0.326. The number of hydrogen-bond acceptors (Lipinski definition) is 4. The third-order valence-corrected chi connectivity index (χ3v) is 3.99. The number of ether oxygens (including phenoxy) is 1. The summed E-state index contributed by atoms with van der Waals surface area (Å²) in [7, 11) is 5.76. The number of nitrogens with zero attached hydrogens (tertiary/aromatic N) is 2. The van der Waals surface area contributed by atoms with Crippen LogP contribution >= 0.6 is 0 Å². The topological polar surface area (TPSA) is 48.3 Å². The van der Waals surface area contributed by atoms with Gasteiger partial charge in [0, 0.05) is 19.7 Å². The van der Waals surface area contributed by atoms with Gasteiger partial charge in [0.25, 0.3) is 0 Å². The van der Waals surface area contributed by atoms with Crippen LogP contribution in [0.1, 0.15) is 32.6 Å². The van der Waals surface area contributed by atoms with Crippen LogP contribution in [0.5, 0.6) is 0 Å². The molecule has 0 aromatic heterocycles. The fourth-order valence-electron chi connectivity index (χ4n) is 2.64. The van der Waals surface area contributed by atoms with Gasteiger partial charge in [-0.2, -0.15) is 5.26 Å². The molecule has 0 aromatic rings. The van der Waals surface area contributed by atoms with Crippen molar-refractivity contribution in [2.75, 3.05) is 27.7 Å². The number of methoxy groups -OCH3 is 1. The van der Waals surface area contributed by atoms with Crippen molar-refractivity contribution >= 4 is 0 Å². The normalized spacial score (nSPS) is 31.2. The van der Waals surface area contributed by atoms with E-state index in [4.69, 9.17) is 4.74 Å². The molecular formula is C13H25N3O. The Morgan fingerprint density at radius 2 is 2.35 bits per heavy atom. The van der Waals surface area contributed by atoms with Crippen molar-refractivity contribution in [1.29, 1.82) is 5.26 Å². The van der Waals surface area contributed by atoms with Crippen LogP contribution in [0, 0.1) is 11.3 Å². The summed E-state index contributed by atoms with van der Waals surface area (Å²) in [6, 6.07) is 2.93. The van der Waals surface area contributed by atoms with Gasteiger partial charge in [0.05, 0.1) is 12.2 Å². The van der Waals surface area contributed by atoms with Crippen molar-refractivity contribution in [3.8, 4) is 6.07 Å². The van der Waals surface area contributed by atoms with E-state index in [1.165, 1.54) is 6.42 Å². The Balaban J connectivity index is 2.57. The summed E-state index contributed by atoms with van der Waals surface area (Å²) in [6.07, 6.45) is 4.41. The predicted octanol–water partition coefficient (Wildman–Crippen LogP) is 1.38.